The van der Waals surface area contributed by atoms with Gasteiger partial charge in [-0.15, -0.1) is 0 Å². The maximum Gasteiger partial charge on any atom is 0.213 e. The Kier molecular flexibility index (Phi) is 6.37. The lowest BCUT2D eigenvalue weighted by Crippen LogP contribution is -2.40. The van der Waals surface area contributed by atoms with Crippen LogP contribution in [0.2, 0.25) is 0 Å². The molecule has 3 nitrogen and oxygen atoms in total. The van der Waals surface area contributed by atoms with Gasteiger partial charge in [-0.3, -0.25) is 0 Å². The Hall–Kier alpha value is 0.390. The number of nitrogens with one attached hydrogen (secondary N) is 1. The Balaban J connectivity index is 4.48. The van der Waals surface area contributed by atoms with Crippen LogP contribution in [0.5, 0.6) is 0 Å². The highest BCUT2D eigenvalue weighted by molar-refractivity contribution is 9.09. The highest BCUT2D eigenvalue weighted by Gasteiger charge is 2.27. The first-order chi connectivity index (χ1) is 6.83. The quantitative estimate of drug-likeness (QED) is 0.734. The van der Waals surface area contributed by atoms with E-state index >= 15 is 0 Å². The van der Waals surface area contributed by atoms with Gasteiger partial charge < -0.3 is 0 Å². The van der Waals surface area contributed by atoms with Gasteiger partial charge in [-0.05, 0) is 32.1 Å². The third kappa shape index (κ3) is 4.41. The molecule has 0 spiro atoms. The minimum atomic E-state index is -3.13. The van der Waals surface area contributed by atoms with Crippen LogP contribution in [0.15, 0.2) is 0 Å². The molecule has 15 heavy (non-hydrogen) atoms. The third-order valence-corrected chi connectivity index (χ3v) is 6.03. The molecule has 0 amide bonds. The normalized spacial score (nSPS) is 13.5. The van der Waals surface area contributed by atoms with Crippen molar-refractivity contribution in [1.82, 2.24) is 4.72 Å². The number of sulfonamides is 1. The van der Waals surface area contributed by atoms with Gasteiger partial charge in [0.05, 0.1) is 5.25 Å². The van der Waals surface area contributed by atoms with Gasteiger partial charge in [0.25, 0.3) is 0 Å². The van der Waals surface area contributed by atoms with Crippen LogP contribution in [0, 0.1) is 5.41 Å². The van der Waals surface area contributed by atoms with Crippen molar-refractivity contribution in [3.63, 3.8) is 0 Å². The summed E-state index contributed by atoms with van der Waals surface area (Å²) in [4.78, 5) is 0. The zero-order valence-electron chi connectivity index (χ0n) is 10.0. The molecule has 0 heterocycles. The van der Waals surface area contributed by atoms with Crippen LogP contribution in [-0.2, 0) is 10.0 Å². The van der Waals surface area contributed by atoms with Crippen LogP contribution in [0.1, 0.15) is 40.5 Å². The molecule has 0 atom stereocenters. The van der Waals surface area contributed by atoms with Crippen LogP contribution >= 0.6 is 15.9 Å². The van der Waals surface area contributed by atoms with E-state index in [9.17, 15) is 8.42 Å². The van der Waals surface area contributed by atoms with Crippen molar-refractivity contribution in [2.75, 3.05) is 11.9 Å². The number of hydrogen-bond donors (Lipinski definition) is 1. The van der Waals surface area contributed by atoms with E-state index in [0.717, 1.165) is 18.2 Å². The minimum Gasteiger partial charge on any atom is -0.214 e. The monoisotopic (exact) mass is 299 g/mol. The van der Waals surface area contributed by atoms with E-state index in [-0.39, 0.29) is 10.7 Å². The molecule has 0 saturated heterocycles. The Morgan fingerprint density at radius 2 is 1.73 bits per heavy atom. The minimum absolute atomic E-state index is 0.0436. The summed E-state index contributed by atoms with van der Waals surface area (Å²) in [5, 5.41) is 0.465. The van der Waals surface area contributed by atoms with Gasteiger partial charge in [-0.2, -0.15) is 0 Å². The number of halogens is 1. The average Bonchev–Trinajstić information content (AvgIpc) is 2.20. The Morgan fingerprint density at radius 3 is 2.00 bits per heavy atom. The van der Waals surface area contributed by atoms with Crippen molar-refractivity contribution in [2.24, 2.45) is 5.41 Å². The highest BCUT2D eigenvalue weighted by atomic mass is 79.9. The molecule has 0 aliphatic heterocycles. The first kappa shape index (κ1) is 15.4. The van der Waals surface area contributed by atoms with Gasteiger partial charge in [0.15, 0.2) is 0 Å². The molecule has 0 aliphatic carbocycles. The summed E-state index contributed by atoms with van der Waals surface area (Å²) < 4.78 is 25.9. The van der Waals surface area contributed by atoms with E-state index in [1.807, 2.05) is 0 Å². The Morgan fingerprint density at radius 1 is 1.27 bits per heavy atom. The van der Waals surface area contributed by atoms with E-state index in [1.165, 1.54) is 0 Å². The van der Waals surface area contributed by atoms with Gasteiger partial charge in [-0.25, -0.2) is 13.1 Å². The van der Waals surface area contributed by atoms with Crippen molar-refractivity contribution in [2.45, 2.75) is 45.8 Å². The van der Waals surface area contributed by atoms with E-state index in [4.69, 9.17) is 0 Å². The van der Waals surface area contributed by atoms with Crippen LogP contribution in [0.3, 0.4) is 0 Å². The predicted molar refractivity (Wildman–Crippen MR) is 68.9 cm³/mol. The van der Waals surface area contributed by atoms with E-state index in [1.54, 1.807) is 13.8 Å². The molecule has 0 aromatic heterocycles. The van der Waals surface area contributed by atoms with E-state index < -0.39 is 10.0 Å². The van der Waals surface area contributed by atoms with Crippen LogP contribution in [-0.4, -0.2) is 25.5 Å². The first-order valence-electron chi connectivity index (χ1n) is 5.38. The highest BCUT2D eigenvalue weighted by Crippen LogP contribution is 2.28. The Bertz CT molecular complexity index is 263. The second-order valence-corrected chi connectivity index (χ2v) is 7.14. The standard InChI is InChI=1S/C10H22BrNO2S/c1-5-10(6-2,7-11)8-12-15(13,14)9(3)4/h9,12H,5-8H2,1-4H3. The zero-order valence-corrected chi connectivity index (χ0v) is 12.4. The van der Waals surface area contributed by atoms with Crippen molar-refractivity contribution in [3.8, 4) is 0 Å². The second-order valence-electron chi connectivity index (χ2n) is 4.26. The van der Waals surface area contributed by atoms with Gasteiger partial charge in [0.2, 0.25) is 10.0 Å². The molecule has 0 radical (unpaired) electrons. The largest absolute Gasteiger partial charge is 0.214 e. The molecule has 0 unspecified atom stereocenters. The zero-order chi connectivity index (χ0) is 12.1. The molecular weight excluding hydrogens is 278 g/mol. The van der Waals surface area contributed by atoms with Crippen molar-refractivity contribution in [3.05, 3.63) is 0 Å². The molecule has 0 aromatic carbocycles. The summed E-state index contributed by atoms with van der Waals surface area (Å²) in [7, 11) is -3.13. The van der Waals surface area contributed by atoms with Crippen LogP contribution < -0.4 is 4.72 Å². The second kappa shape index (κ2) is 6.21. The fourth-order valence-electron chi connectivity index (χ4n) is 1.16. The SMILES string of the molecule is CCC(CC)(CBr)CNS(=O)(=O)C(C)C. The predicted octanol–water partition coefficient (Wildman–Crippen LogP) is 2.52. The summed E-state index contributed by atoms with van der Waals surface area (Å²) in [6, 6.07) is 0. The van der Waals surface area contributed by atoms with Gasteiger partial charge >= 0.3 is 0 Å². The lowest BCUT2D eigenvalue weighted by Gasteiger charge is -2.29. The summed E-state index contributed by atoms with van der Waals surface area (Å²) >= 11 is 3.46. The molecule has 0 rings (SSSR count). The molecular formula is C10H22BrNO2S. The molecule has 0 fully saturated rings. The van der Waals surface area contributed by atoms with Gasteiger partial charge in [-0.1, -0.05) is 29.8 Å². The third-order valence-electron chi connectivity index (χ3n) is 3.05. The summed E-state index contributed by atoms with van der Waals surface area (Å²) in [6.45, 7) is 8.08. The summed E-state index contributed by atoms with van der Waals surface area (Å²) in [5.41, 5.74) is 0.0436. The van der Waals surface area contributed by atoms with Gasteiger partial charge in [0.1, 0.15) is 0 Å². The first-order valence-corrected chi connectivity index (χ1v) is 8.04. The number of rotatable bonds is 7. The molecule has 0 saturated carbocycles. The summed E-state index contributed by atoms with van der Waals surface area (Å²) in [6.07, 6.45) is 1.94. The number of alkyl halides is 1. The van der Waals surface area contributed by atoms with Crippen molar-refractivity contribution < 1.29 is 8.42 Å². The van der Waals surface area contributed by atoms with Crippen molar-refractivity contribution >= 4 is 26.0 Å². The van der Waals surface area contributed by atoms with Crippen LogP contribution in [0.25, 0.3) is 0 Å². The lowest BCUT2D eigenvalue weighted by atomic mass is 9.85. The summed E-state index contributed by atoms with van der Waals surface area (Å²) in [5.74, 6) is 0. The smallest absolute Gasteiger partial charge is 0.213 e. The average molecular weight is 300 g/mol. The van der Waals surface area contributed by atoms with Crippen LogP contribution in [0.4, 0.5) is 0 Å². The van der Waals surface area contributed by atoms with E-state index in [0.29, 0.717) is 6.54 Å². The maximum atomic E-state index is 11.6. The molecule has 92 valence electrons. The topological polar surface area (TPSA) is 46.2 Å². The molecule has 0 aliphatic rings. The van der Waals surface area contributed by atoms with Crippen molar-refractivity contribution in [1.29, 1.82) is 0 Å². The molecule has 0 aromatic rings. The Labute approximate surface area is 102 Å². The molecule has 5 heteroatoms. The molecule has 0 bridgehead atoms. The lowest BCUT2D eigenvalue weighted by molar-refractivity contribution is 0.309. The molecule has 1 N–H and O–H groups in total. The van der Waals surface area contributed by atoms with Gasteiger partial charge in [0, 0.05) is 11.9 Å². The fraction of sp³-hybridized carbons (Fsp3) is 1.00. The number of hydrogen-bond acceptors (Lipinski definition) is 2. The van der Waals surface area contributed by atoms with E-state index in [2.05, 4.69) is 34.5 Å². The fourth-order valence-corrected chi connectivity index (χ4v) is 2.99. The maximum absolute atomic E-state index is 11.6.